The molecule has 0 saturated heterocycles. The molecule has 31 heavy (non-hydrogen) atoms. The lowest BCUT2D eigenvalue weighted by Crippen LogP contribution is -2.22. The summed E-state index contributed by atoms with van der Waals surface area (Å²) in [7, 11) is 0. The van der Waals surface area contributed by atoms with Crippen LogP contribution in [0.15, 0.2) is 52.2 Å². The molecule has 2 aromatic heterocycles. The zero-order valence-corrected chi connectivity index (χ0v) is 17.0. The third kappa shape index (κ3) is 5.87. The molecule has 0 aliphatic heterocycles. The van der Waals surface area contributed by atoms with Crippen LogP contribution < -0.4 is 5.32 Å². The lowest BCUT2D eigenvalue weighted by Gasteiger charge is -2.10. The Morgan fingerprint density at radius 1 is 1.23 bits per heavy atom. The Hall–Kier alpha value is -3.28. The van der Waals surface area contributed by atoms with Gasteiger partial charge in [-0.1, -0.05) is 17.8 Å². The van der Waals surface area contributed by atoms with Crippen LogP contribution in [0.2, 0.25) is 0 Å². The molecule has 0 saturated carbocycles. The van der Waals surface area contributed by atoms with Crippen molar-refractivity contribution in [1.29, 1.82) is 0 Å². The summed E-state index contributed by atoms with van der Waals surface area (Å²) >= 11 is 1.07. The molecule has 0 unspecified atom stereocenters. The maximum atomic E-state index is 12.7. The largest absolute Gasteiger partial charge is 0.461 e. The van der Waals surface area contributed by atoms with Crippen LogP contribution in [-0.4, -0.2) is 39.0 Å². The van der Waals surface area contributed by atoms with E-state index in [1.54, 1.807) is 16.7 Å². The van der Waals surface area contributed by atoms with Crippen LogP contribution in [0, 0.1) is 0 Å². The fourth-order valence-corrected chi connectivity index (χ4v) is 3.35. The molecule has 1 N–H and O–H groups in total. The van der Waals surface area contributed by atoms with E-state index in [0.717, 1.165) is 23.9 Å². The van der Waals surface area contributed by atoms with Gasteiger partial charge in [0.1, 0.15) is 0 Å². The normalized spacial score (nSPS) is 11.4. The summed E-state index contributed by atoms with van der Waals surface area (Å²) in [5.41, 5.74) is -0.945. The Morgan fingerprint density at radius 2 is 2.03 bits per heavy atom. The zero-order valence-electron chi connectivity index (χ0n) is 16.2. The second kappa shape index (κ2) is 9.69. The first-order chi connectivity index (χ1) is 14.8. The maximum Gasteiger partial charge on any atom is 0.416 e. The number of carbonyl (C=O) groups is 2. The highest BCUT2D eigenvalue weighted by molar-refractivity contribution is 7.99. The van der Waals surface area contributed by atoms with Gasteiger partial charge in [-0.25, -0.2) is 0 Å². The van der Waals surface area contributed by atoms with Crippen molar-refractivity contribution in [3.63, 3.8) is 0 Å². The Morgan fingerprint density at radius 3 is 2.71 bits per heavy atom. The number of esters is 1. The van der Waals surface area contributed by atoms with Crippen LogP contribution in [0.5, 0.6) is 0 Å². The van der Waals surface area contributed by atoms with E-state index in [-0.39, 0.29) is 11.4 Å². The minimum Gasteiger partial charge on any atom is -0.461 e. The molecule has 1 amide bonds. The maximum absolute atomic E-state index is 12.7. The first kappa shape index (κ1) is 22.4. The Labute approximate surface area is 178 Å². The highest BCUT2D eigenvalue weighted by atomic mass is 32.2. The van der Waals surface area contributed by atoms with Gasteiger partial charge in [-0.05, 0) is 37.3 Å². The molecule has 0 bridgehead atoms. The molecule has 3 aromatic rings. The zero-order chi connectivity index (χ0) is 22.4. The number of benzene rings is 1. The molecule has 8 nitrogen and oxygen atoms in total. The second-order valence-electron chi connectivity index (χ2n) is 6.10. The van der Waals surface area contributed by atoms with E-state index in [1.165, 1.54) is 18.4 Å². The Balaban J connectivity index is 1.49. The fourth-order valence-electron chi connectivity index (χ4n) is 2.55. The number of thioether (sulfide) groups is 1. The van der Waals surface area contributed by atoms with Crippen LogP contribution >= 0.6 is 11.8 Å². The lowest BCUT2D eigenvalue weighted by molar-refractivity contribution is -0.144. The standard InChI is InChI=1S/C19H17F3N4O4S/c1-2-26-17(14-7-4-8-29-14)24-25-18(26)31-11-16(28)30-10-15(27)23-13-6-3-5-12(9-13)19(20,21)22/h3-9H,2,10-11H2,1H3,(H,23,27). The minimum absolute atomic E-state index is 0.0493. The number of alkyl halides is 3. The van der Waals surface area contributed by atoms with Gasteiger partial charge in [0.15, 0.2) is 23.3 Å². The van der Waals surface area contributed by atoms with Crippen LogP contribution in [0.4, 0.5) is 18.9 Å². The highest BCUT2D eigenvalue weighted by Crippen LogP contribution is 2.30. The van der Waals surface area contributed by atoms with Gasteiger partial charge in [-0.15, -0.1) is 10.2 Å². The molecule has 0 fully saturated rings. The van der Waals surface area contributed by atoms with E-state index in [0.29, 0.717) is 23.3 Å². The van der Waals surface area contributed by atoms with E-state index < -0.39 is 30.2 Å². The molecule has 12 heteroatoms. The average molecular weight is 454 g/mol. The van der Waals surface area contributed by atoms with E-state index in [9.17, 15) is 22.8 Å². The van der Waals surface area contributed by atoms with Crippen LogP contribution in [0.25, 0.3) is 11.6 Å². The van der Waals surface area contributed by atoms with Gasteiger partial charge in [0.25, 0.3) is 5.91 Å². The molecule has 164 valence electrons. The van der Waals surface area contributed by atoms with Gasteiger partial charge in [0.05, 0.1) is 17.6 Å². The van der Waals surface area contributed by atoms with E-state index >= 15 is 0 Å². The topological polar surface area (TPSA) is 99.2 Å². The quantitative estimate of drug-likeness (QED) is 0.408. The predicted molar refractivity (Wildman–Crippen MR) is 105 cm³/mol. The van der Waals surface area contributed by atoms with E-state index in [4.69, 9.17) is 9.15 Å². The minimum atomic E-state index is -4.53. The van der Waals surface area contributed by atoms with Gasteiger partial charge in [0, 0.05) is 12.2 Å². The Bertz CT molecular complexity index is 1050. The summed E-state index contributed by atoms with van der Waals surface area (Å²) in [5, 5.41) is 10.8. The highest BCUT2D eigenvalue weighted by Gasteiger charge is 2.30. The summed E-state index contributed by atoms with van der Waals surface area (Å²) in [4.78, 5) is 23.8. The first-order valence-corrected chi connectivity index (χ1v) is 9.99. The number of anilines is 1. The number of nitrogens with one attached hydrogen (secondary N) is 1. The van der Waals surface area contributed by atoms with Crippen molar-refractivity contribution in [2.24, 2.45) is 0 Å². The van der Waals surface area contributed by atoms with Gasteiger partial charge in [-0.2, -0.15) is 13.2 Å². The smallest absolute Gasteiger partial charge is 0.416 e. The molecule has 0 atom stereocenters. The van der Waals surface area contributed by atoms with Crippen molar-refractivity contribution < 1.29 is 31.9 Å². The summed E-state index contributed by atoms with van der Waals surface area (Å²) in [6, 6.07) is 7.62. The summed E-state index contributed by atoms with van der Waals surface area (Å²) in [6.45, 7) is 1.80. The molecular weight excluding hydrogens is 437 g/mol. The molecule has 0 radical (unpaired) electrons. The van der Waals surface area contributed by atoms with Gasteiger partial charge >= 0.3 is 12.1 Å². The number of nitrogens with zero attached hydrogens (tertiary/aromatic N) is 3. The van der Waals surface area contributed by atoms with Gasteiger partial charge < -0.3 is 14.5 Å². The van der Waals surface area contributed by atoms with Gasteiger partial charge in [-0.3, -0.25) is 14.2 Å². The number of carbonyl (C=O) groups excluding carboxylic acids is 2. The van der Waals surface area contributed by atoms with E-state index in [2.05, 4.69) is 15.5 Å². The first-order valence-electron chi connectivity index (χ1n) is 9.00. The number of aromatic nitrogens is 3. The summed E-state index contributed by atoms with van der Waals surface area (Å²) in [5.74, 6) is -0.518. The van der Waals surface area contributed by atoms with Crippen molar-refractivity contribution in [1.82, 2.24) is 14.8 Å². The van der Waals surface area contributed by atoms with Crippen molar-refractivity contribution >= 4 is 29.3 Å². The van der Waals surface area contributed by atoms with Crippen molar-refractivity contribution in [2.45, 2.75) is 24.8 Å². The van der Waals surface area contributed by atoms with Crippen molar-refractivity contribution in [3.05, 3.63) is 48.2 Å². The molecule has 1 aromatic carbocycles. The number of ether oxygens (including phenoxy) is 1. The van der Waals surface area contributed by atoms with Crippen molar-refractivity contribution in [3.8, 4) is 11.6 Å². The molecule has 3 rings (SSSR count). The predicted octanol–water partition coefficient (Wildman–Crippen LogP) is 3.85. The Kier molecular flexibility index (Phi) is 7.00. The van der Waals surface area contributed by atoms with E-state index in [1.807, 2.05) is 6.92 Å². The third-order valence-corrected chi connectivity index (χ3v) is 4.87. The number of hydrogen-bond acceptors (Lipinski definition) is 7. The molecule has 2 heterocycles. The molecule has 0 aliphatic carbocycles. The molecule has 0 spiro atoms. The fraction of sp³-hybridized carbons (Fsp3) is 0.263. The lowest BCUT2D eigenvalue weighted by atomic mass is 10.2. The molecule has 0 aliphatic rings. The number of furan rings is 1. The van der Waals surface area contributed by atoms with Crippen LogP contribution in [0.3, 0.4) is 0 Å². The van der Waals surface area contributed by atoms with Gasteiger partial charge in [0.2, 0.25) is 0 Å². The summed E-state index contributed by atoms with van der Waals surface area (Å²) < 4.78 is 50.1. The summed E-state index contributed by atoms with van der Waals surface area (Å²) in [6.07, 6.45) is -3.01. The number of halogens is 3. The van der Waals surface area contributed by atoms with Crippen LogP contribution in [0.1, 0.15) is 12.5 Å². The number of hydrogen-bond donors (Lipinski definition) is 1. The van der Waals surface area contributed by atoms with Crippen LogP contribution in [-0.2, 0) is 27.0 Å². The third-order valence-electron chi connectivity index (χ3n) is 3.93. The van der Waals surface area contributed by atoms with Crippen molar-refractivity contribution in [2.75, 3.05) is 17.7 Å². The molecular formula is C19H17F3N4O4S. The monoisotopic (exact) mass is 454 g/mol. The number of amides is 1. The average Bonchev–Trinajstić information content (AvgIpc) is 3.39. The number of rotatable bonds is 8. The SMILES string of the molecule is CCn1c(SCC(=O)OCC(=O)Nc2cccc(C(F)(F)F)c2)nnc1-c1ccco1. The second-order valence-corrected chi connectivity index (χ2v) is 7.05.